The molecule has 3 rings (SSSR count). The maximum absolute atomic E-state index is 12.4. The lowest BCUT2D eigenvalue weighted by atomic mass is 10.2. The van der Waals surface area contributed by atoms with Gasteiger partial charge in [0.15, 0.2) is 0 Å². The highest BCUT2D eigenvalue weighted by molar-refractivity contribution is 8.26. The number of halogens is 1. The van der Waals surface area contributed by atoms with Crippen LogP contribution >= 0.6 is 35.6 Å². The molecule has 1 aliphatic rings. The Bertz CT molecular complexity index is 1010. The molecule has 1 fully saturated rings. The van der Waals surface area contributed by atoms with Crippen molar-refractivity contribution in [3.63, 3.8) is 0 Å². The summed E-state index contributed by atoms with van der Waals surface area (Å²) >= 11 is 12.1. The van der Waals surface area contributed by atoms with Gasteiger partial charge in [0, 0.05) is 23.2 Å². The van der Waals surface area contributed by atoms with E-state index in [0.29, 0.717) is 21.4 Å². The average Bonchev–Trinajstić information content (AvgIpc) is 3.11. The predicted octanol–water partition coefficient (Wildman–Crippen LogP) is 3.35. The first-order valence-corrected chi connectivity index (χ1v) is 10.5. The Morgan fingerprint density at radius 3 is 2.77 bits per heavy atom. The fourth-order valence-electron chi connectivity index (χ4n) is 2.25. The molecule has 0 saturated carbocycles. The molecule has 0 atom stereocenters. The largest absolute Gasteiger partial charge is 0.748 e. The van der Waals surface area contributed by atoms with E-state index in [9.17, 15) is 17.8 Å². The van der Waals surface area contributed by atoms with Crippen LogP contribution < -0.4 is 0 Å². The van der Waals surface area contributed by atoms with Gasteiger partial charge in [-0.15, -0.1) is 0 Å². The lowest BCUT2D eigenvalue weighted by Crippen LogP contribution is -2.32. The third-order valence-corrected chi connectivity index (χ3v) is 5.74. The van der Waals surface area contributed by atoms with Crippen molar-refractivity contribution in [2.75, 3.05) is 12.3 Å². The molecule has 26 heavy (non-hydrogen) atoms. The van der Waals surface area contributed by atoms with E-state index >= 15 is 0 Å². The highest BCUT2D eigenvalue weighted by Gasteiger charge is 2.32. The molecule has 0 spiro atoms. The highest BCUT2D eigenvalue weighted by atomic mass is 35.5. The summed E-state index contributed by atoms with van der Waals surface area (Å²) in [5.74, 6) is -0.111. The summed E-state index contributed by atoms with van der Waals surface area (Å²) in [6.45, 7) is -0.264. The molecule has 6 nitrogen and oxygen atoms in total. The van der Waals surface area contributed by atoms with Crippen LogP contribution in [0.1, 0.15) is 5.76 Å². The second kappa shape index (κ2) is 7.53. The van der Waals surface area contributed by atoms with Crippen LogP contribution in [0, 0.1) is 0 Å². The first-order valence-electron chi connectivity index (χ1n) is 7.28. The minimum Gasteiger partial charge on any atom is -0.748 e. The molecule has 2 heterocycles. The second-order valence-corrected chi connectivity index (χ2v) is 8.94. The van der Waals surface area contributed by atoms with Gasteiger partial charge in [0.05, 0.1) is 20.8 Å². The summed E-state index contributed by atoms with van der Waals surface area (Å²) in [6.07, 6.45) is 1.53. The van der Waals surface area contributed by atoms with Crippen LogP contribution in [0.25, 0.3) is 17.4 Å². The molecule has 1 aromatic heterocycles. The number of benzene rings is 1. The summed E-state index contributed by atoms with van der Waals surface area (Å²) in [4.78, 5) is 13.7. The number of thiocarbonyl (C=S) groups is 1. The van der Waals surface area contributed by atoms with E-state index < -0.39 is 21.8 Å². The normalized spacial score (nSPS) is 16.7. The molecule has 2 aromatic rings. The first-order chi connectivity index (χ1) is 12.2. The summed E-state index contributed by atoms with van der Waals surface area (Å²) < 4.78 is 38.2. The van der Waals surface area contributed by atoms with Crippen molar-refractivity contribution >= 4 is 62.0 Å². The van der Waals surface area contributed by atoms with Gasteiger partial charge in [0.1, 0.15) is 15.8 Å². The molecule has 0 radical (unpaired) electrons. The van der Waals surface area contributed by atoms with Gasteiger partial charge in [0.2, 0.25) is 0 Å². The Balaban J connectivity index is 1.78. The number of hydrogen-bond acceptors (Lipinski definition) is 7. The third kappa shape index (κ3) is 4.54. The van der Waals surface area contributed by atoms with Crippen molar-refractivity contribution in [1.29, 1.82) is 0 Å². The smallest absolute Gasteiger partial charge is 0.266 e. The quantitative estimate of drug-likeness (QED) is 0.409. The standard InChI is InChI=1S/C16H12ClNO5S3/c17-11-3-1-2-10(8-11)13-5-4-12(23-13)9-14-15(19)18(16(24)25-14)6-7-26(20,21)22/h1-5,8-9H,6-7H2,(H,20,21,22)/p-1/b14-9+. The van der Waals surface area contributed by atoms with Crippen LogP contribution in [-0.4, -0.2) is 40.4 Å². The van der Waals surface area contributed by atoms with Gasteiger partial charge < -0.3 is 8.97 Å². The van der Waals surface area contributed by atoms with Crippen LogP contribution in [0.4, 0.5) is 0 Å². The summed E-state index contributed by atoms with van der Waals surface area (Å²) in [6, 6.07) is 10.6. The van der Waals surface area contributed by atoms with Crippen LogP contribution in [0.15, 0.2) is 45.7 Å². The Hall–Kier alpha value is -1.65. The number of rotatable bonds is 5. The molecule has 0 bridgehead atoms. The average molecular weight is 429 g/mol. The van der Waals surface area contributed by atoms with Crippen molar-refractivity contribution in [1.82, 2.24) is 4.90 Å². The number of amides is 1. The topological polar surface area (TPSA) is 90.7 Å². The van der Waals surface area contributed by atoms with E-state index in [1.165, 1.54) is 6.08 Å². The highest BCUT2D eigenvalue weighted by Crippen LogP contribution is 2.33. The van der Waals surface area contributed by atoms with Gasteiger partial charge in [-0.2, -0.15) is 0 Å². The lowest BCUT2D eigenvalue weighted by molar-refractivity contribution is -0.121. The van der Waals surface area contributed by atoms with Gasteiger partial charge in [-0.1, -0.05) is 47.7 Å². The molecular formula is C16H11ClNO5S3-. The number of furan rings is 1. The zero-order valence-electron chi connectivity index (χ0n) is 13.0. The third-order valence-electron chi connectivity index (χ3n) is 3.45. The maximum atomic E-state index is 12.4. The van der Waals surface area contributed by atoms with Crippen molar-refractivity contribution in [2.24, 2.45) is 0 Å². The molecule has 10 heteroatoms. The fourth-order valence-corrected chi connectivity index (χ4v) is 4.14. The number of nitrogens with zero attached hydrogens (tertiary/aromatic N) is 1. The fraction of sp³-hybridized carbons (Fsp3) is 0.125. The van der Waals surface area contributed by atoms with Gasteiger partial charge in [-0.3, -0.25) is 9.69 Å². The Labute approximate surface area is 164 Å². The first kappa shape index (κ1) is 19.1. The lowest BCUT2D eigenvalue weighted by Gasteiger charge is -2.15. The molecule has 1 amide bonds. The Kier molecular flexibility index (Phi) is 5.54. The van der Waals surface area contributed by atoms with Gasteiger partial charge in [-0.05, 0) is 24.3 Å². The molecular weight excluding hydrogens is 418 g/mol. The molecule has 0 aliphatic carbocycles. The van der Waals surface area contributed by atoms with Crippen LogP contribution in [-0.2, 0) is 14.9 Å². The van der Waals surface area contributed by atoms with E-state index in [4.69, 9.17) is 28.2 Å². The van der Waals surface area contributed by atoms with E-state index in [1.807, 2.05) is 6.07 Å². The predicted molar refractivity (Wildman–Crippen MR) is 104 cm³/mol. The molecule has 1 saturated heterocycles. The van der Waals surface area contributed by atoms with Crippen molar-refractivity contribution in [2.45, 2.75) is 0 Å². The summed E-state index contributed by atoms with van der Waals surface area (Å²) in [5, 5.41) is 0.578. The van der Waals surface area contributed by atoms with Crippen LogP contribution in [0.3, 0.4) is 0 Å². The maximum Gasteiger partial charge on any atom is 0.266 e. The van der Waals surface area contributed by atoms with E-state index in [1.54, 1.807) is 30.3 Å². The zero-order chi connectivity index (χ0) is 18.9. The monoisotopic (exact) mass is 428 g/mol. The molecule has 136 valence electrons. The van der Waals surface area contributed by atoms with E-state index in [0.717, 1.165) is 22.2 Å². The molecule has 0 N–H and O–H groups in total. The van der Waals surface area contributed by atoms with E-state index in [2.05, 4.69) is 0 Å². The molecule has 1 aromatic carbocycles. The Morgan fingerprint density at radius 2 is 2.08 bits per heavy atom. The number of thioether (sulfide) groups is 1. The van der Waals surface area contributed by atoms with Crippen LogP contribution in [0.2, 0.25) is 5.02 Å². The van der Waals surface area contributed by atoms with Crippen LogP contribution in [0.5, 0.6) is 0 Å². The molecule has 1 aliphatic heterocycles. The number of carbonyl (C=O) groups excluding carboxylic acids is 1. The molecule has 0 unspecified atom stereocenters. The minimum absolute atomic E-state index is 0.200. The number of carbonyl (C=O) groups is 1. The summed E-state index contributed by atoms with van der Waals surface area (Å²) in [7, 11) is -4.43. The summed E-state index contributed by atoms with van der Waals surface area (Å²) in [5.41, 5.74) is 0.797. The Morgan fingerprint density at radius 1 is 1.31 bits per heavy atom. The van der Waals surface area contributed by atoms with Crippen molar-refractivity contribution < 1.29 is 22.2 Å². The second-order valence-electron chi connectivity index (χ2n) is 5.31. The van der Waals surface area contributed by atoms with Gasteiger partial charge >= 0.3 is 0 Å². The van der Waals surface area contributed by atoms with Gasteiger partial charge in [-0.25, -0.2) is 8.42 Å². The van der Waals surface area contributed by atoms with Crippen molar-refractivity contribution in [3.8, 4) is 11.3 Å². The minimum atomic E-state index is -4.43. The zero-order valence-corrected chi connectivity index (χ0v) is 16.3. The van der Waals surface area contributed by atoms with E-state index in [-0.39, 0.29) is 10.9 Å². The SMILES string of the molecule is O=C1/C(=C\c2ccc(-c3cccc(Cl)c3)o2)SC(=S)N1CCS(=O)(=O)[O-]. The van der Waals surface area contributed by atoms with Crippen molar-refractivity contribution in [3.05, 3.63) is 52.1 Å². The van der Waals surface area contributed by atoms with Gasteiger partial charge in [0.25, 0.3) is 5.91 Å². The number of hydrogen-bond donors (Lipinski definition) is 0.